The van der Waals surface area contributed by atoms with Gasteiger partial charge in [-0.2, -0.15) is 0 Å². The minimum atomic E-state index is -1.13. The fourth-order valence-electron chi connectivity index (χ4n) is 6.83. The number of nitrogens with zero attached hydrogens (tertiary/aromatic N) is 1. The van der Waals surface area contributed by atoms with Gasteiger partial charge in [0.15, 0.2) is 6.10 Å². The van der Waals surface area contributed by atoms with Crippen molar-refractivity contribution in [2.75, 3.05) is 41.0 Å². The molecular formula is C50H89NO7. The predicted molar refractivity (Wildman–Crippen MR) is 240 cm³/mol. The summed E-state index contributed by atoms with van der Waals surface area (Å²) in [5, 5.41) is 11.6. The maximum atomic E-state index is 12.7. The number of carbonyl (C=O) groups is 3. The molecule has 0 N–H and O–H groups in total. The molecule has 2 atom stereocenters. The minimum Gasteiger partial charge on any atom is -0.544 e. The number of rotatable bonds is 42. The van der Waals surface area contributed by atoms with Crippen LogP contribution in [0, 0.1) is 0 Å². The highest BCUT2D eigenvalue weighted by Crippen LogP contribution is 2.14. The zero-order chi connectivity index (χ0) is 42.8. The summed E-state index contributed by atoms with van der Waals surface area (Å²) in [5.41, 5.74) is 0. The highest BCUT2D eigenvalue weighted by molar-refractivity contribution is 5.70. The molecule has 2 unspecified atom stereocenters. The largest absolute Gasteiger partial charge is 0.544 e. The van der Waals surface area contributed by atoms with Crippen molar-refractivity contribution in [3.63, 3.8) is 0 Å². The van der Waals surface area contributed by atoms with Crippen molar-refractivity contribution in [2.45, 2.75) is 212 Å². The first-order valence-electron chi connectivity index (χ1n) is 23.7. The van der Waals surface area contributed by atoms with Gasteiger partial charge < -0.3 is 28.6 Å². The Morgan fingerprint density at radius 3 is 1.47 bits per heavy atom. The molecule has 58 heavy (non-hydrogen) atoms. The molecule has 0 heterocycles. The van der Waals surface area contributed by atoms with E-state index in [1.807, 2.05) is 6.08 Å². The summed E-state index contributed by atoms with van der Waals surface area (Å²) in [5.74, 6) is -1.77. The quantitative estimate of drug-likeness (QED) is 0.0199. The lowest BCUT2D eigenvalue weighted by atomic mass is 10.1. The van der Waals surface area contributed by atoms with Gasteiger partial charge in [-0.05, 0) is 57.8 Å². The van der Waals surface area contributed by atoms with Crippen LogP contribution in [0.15, 0.2) is 48.6 Å². The number of hydrogen-bond donors (Lipinski definition) is 0. The molecule has 0 fully saturated rings. The summed E-state index contributed by atoms with van der Waals surface area (Å²) in [6, 6.07) is -0.731. The van der Waals surface area contributed by atoms with Crippen LogP contribution >= 0.6 is 0 Å². The number of likely N-dealkylation sites (N-methyl/N-ethyl adjacent to an activating group) is 1. The van der Waals surface area contributed by atoms with Gasteiger partial charge in [-0.25, -0.2) is 0 Å². The number of quaternary nitrogens is 1. The van der Waals surface area contributed by atoms with Crippen LogP contribution in [-0.2, 0) is 28.6 Å². The van der Waals surface area contributed by atoms with E-state index >= 15 is 0 Å². The average Bonchev–Trinajstić information content (AvgIpc) is 3.18. The topological polar surface area (TPSA) is 102 Å². The second-order valence-electron chi connectivity index (χ2n) is 17.0. The van der Waals surface area contributed by atoms with E-state index in [1.165, 1.54) is 103 Å². The average molecular weight is 816 g/mol. The van der Waals surface area contributed by atoms with Gasteiger partial charge in [0.25, 0.3) is 0 Å². The smallest absolute Gasteiger partial charge is 0.306 e. The van der Waals surface area contributed by atoms with E-state index in [1.54, 1.807) is 21.1 Å². The number of esters is 2. The van der Waals surface area contributed by atoms with E-state index in [9.17, 15) is 19.5 Å². The van der Waals surface area contributed by atoms with Crippen molar-refractivity contribution >= 4 is 17.9 Å². The minimum absolute atomic E-state index is 0.0304. The first-order chi connectivity index (χ1) is 28.1. The molecule has 336 valence electrons. The van der Waals surface area contributed by atoms with E-state index < -0.39 is 18.1 Å². The number of unbranched alkanes of at least 4 members (excludes halogenated alkanes) is 22. The molecule has 0 spiro atoms. The van der Waals surface area contributed by atoms with Crippen LogP contribution in [0.5, 0.6) is 0 Å². The maximum Gasteiger partial charge on any atom is 0.306 e. The number of carboxylic acid groups (broad SMARTS) is 1. The highest BCUT2D eigenvalue weighted by atomic mass is 16.6. The Kier molecular flexibility index (Phi) is 39.1. The Balaban J connectivity index is 4.26. The van der Waals surface area contributed by atoms with Gasteiger partial charge in [-0.15, -0.1) is 0 Å². The summed E-state index contributed by atoms with van der Waals surface area (Å²) in [6.45, 7) is 4.51. The SMILES string of the molecule is CC/C=C/C=C/C=C/CCCCCCCC(=O)OC(COCCC(C(=O)[O-])[N+](C)(C)C)COC(=O)CCCCCCCCC/C=C/CCCCCCCCCCCC. The van der Waals surface area contributed by atoms with Crippen LogP contribution in [0.1, 0.15) is 200 Å². The molecule has 0 rings (SSSR count). The van der Waals surface area contributed by atoms with Crippen molar-refractivity contribution in [2.24, 2.45) is 0 Å². The molecule has 8 heteroatoms. The molecule has 0 bridgehead atoms. The third-order valence-electron chi connectivity index (χ3n) is 10.5. The van der Waals surface area contributed by atoms with Gasteiger partial charge in [0.05, 0.1) is 40.3 Å². The van der Waals surface area contributed by atoms with Crippen molar-refractivity contribution in [1.29, 1.82) is 0 Å². The molecule has 0 aliphatic rings. The second-order valence-corrected chi connectivity index (χ2v) is 17.0. The van der Waals surface area contributed by atoms with Gasteiger partial charge in [-0.3, -0.25) is 9.59 Å². The highest BCUT2D eigenvalue weighted by Gasteiger charge is 2.25. The number of carboxylic acids is 1. The monoisotopic (exact) mass is 816 g/mol. The second kappa shape index (κ2) is 41.0. The van der Waals surface area contributed by atoms with E-state index in [2.05, 4.69) is 56.4 Å². The maximum absolute atomic E-state index is 12.7. The zero-order valence-electron chi connectivity index (χ0n) is 38.2. The predicted octanol–water partition coefficient (Wildman–Crippen LogP) is 11.9. The Morgan fingerprint density at radius 1 is 0.534 bits per heavy atom. The number of aliphatic carboxylic acids is 1. The van der Waals surface area contributed by atoms with E-state index in [0.717, 1.165) is 64.2 Å². The van der Waals surface area contributed by atoms with Crippen LogP contribution in [-0.4, -0.2) is 75.5 Å². The van der Waals surface area contributed by atoms with Crippen LogP contribution in [0.2, 0.25) is 0 Å². The molecule has 0 saturated heterocycles. The van der Waals surface area contributed by atoms with Crippen molar-refractivity contribution in [1.82, 2.24) is 0 Å². The molecule has 0 amide bonds. The van der Waals surface area contributed by atoms with Crippen LogP contribution in [0.4, 0.5) is 0 Å². The van der Waals surface area contributed by atoms with Crippen LogP contribution < -0.4 is 5.11 Å². The molecule has 0 aromatic heterocycles. The fourth-order valence-corrected chi connectivity index (χ4v) is 6.83. The lowest BCUT2D eigenvalue weighted by Crippen LogP contribution is -2.55. The third-order valence-corrected chi connectivity index (χ3v) is 10.5. The number of carbonyl (C=O) groups excluding carboxylic acids is 3. The van der Waals surface area contributed by atoms with Gasteiger partial charge in [0.1, 0.15) is 12.6 Å². The van der Waals surface area contributed by atoms with Crippen molar-refractivity contribution < 1.29 is 38.2 Å². The normalized spacial score (nSPS) is 13.3. The summed E-state index contributed by atoms with van der Waals surface area (Å²) in [7, 11) is 5.40. The lowest BCUT2D eigenvalue weighted by Gasteiger charge is -2.34. The Bertz CT molecular complexity index is 1090. The number of allylic oxidation sites excluding steroid dienone is 8. The molecule has 0 aromatic rings. The molecular weight excluding hydrogens is 727 g/mol. The van der Waals surface area contributed by atoms with E-state index in [-0.39, 0.29) is 42.7 Å². The van der Waals surface area contributed by atoms with Crippen LogP contribution in [0.25, 0.3) is 0 Å². The molecule has 0 aliphatic carbocycles. The Hall–Kier alpha value is -2.71. The van der Waals surface area contributed by atoms with Gasteiger partial charge in [-0.1, -0.05) is 172 Å². The summed E-state index contributed by atoms with van der Waals surface area (Å²) in [4.78, 5) is 36.9. The molecule has 0 aliphatic heterocycles. The zero-order valence-corrected chi connectivity index (χ0v) is 38.2. The van der Waals surface area contributed by atoms with E-state index in [4.69, 9.17) is 14.2 Å². The molecule has 8 nitrogen and oxygen atoms in total. The van der Waals surface area contributed by atoms with Gasteiger partial charge in [0, 0.05) is 19.3 Å². The summed E-state index contributed by atoms with van der Waals surface area (Å²) in [6.07, 6.45) is 48.6. The van der Waals surface area contributed by atoms with Crippen molar-refractivity contribution in [3.8, 4) is 0 Å². The van der Waals surface area contributed by atoms with Crippen molar-refractivity contribution in [3.05, 3.63) is 48.6 Å². The fraction of sp³-hybridized carbons (Fsp3) is 0.780. The van der Waals surface area contributed by atoms with Gasteiger partial charge in [0.2, 0.25) is 0 Å². The first-order valence-corrected chi connectivity index (χ1v) is 23.7. The molecule has 0 radical (unpaired) electrons. The standard InChI is InChI=1S/C50H89NO7/c1-6-8-10-12-14-16-18-20-21-22-23-24-25-26-27-29-30-32-34-36-38-40-48(52)57-45-46(44-56-43-42-47(50(54)55)51(3,4)5)58-49(53)41-39-37-35-33-31-28-19-17-15-13-11-9-7-2/h9,11,13,15,17,19,24-25,46-47H,6-8,10,12,14,16,18,20-23,26-45H2,1-5H3/b11-9+,15-13+,19-17+,25-24+. The molecule has 0 saturated carbocycles. The number of ether oxygens (including phenoxy) is 3. The summed E-state index contributed by atoms with van der Waals surface area (Å²) < 4.78 is 17.2. The number of hydrogen-bond acceptors (Lipinski definition) is 7. The summed E-state index contributed by atoms with van der Waals surface area (Å²) >= 11 is 0. The third kappa shape index (κ3) is 38.8. The Labute approximate surface area is 356 Å². The van der Waals surface area contributed by atoms with Gasteiger partial charge >= 0.3 is 11.9 Å². The lowest BCUT2D eigenvalue weighted by molar-refractivity contribution is -0.889. The van der Waals surface area contributed by atoms with Crippen LogP contribution in [0.3, 0.4) is 0 Å². The van der Waals surface area contributed by atoms with E-state index in [0.29, 0.717) is 12.8 Å². The Morgan fingerprint density at radius 2 is 0.983 bits per heavy atom. The molecule has 0 aromatic carbocycles. The first kappa shape index (κ1) is 55.3.